The molecule has 15 heteroatoms. The molecule has 2 aliphatic heterocycles. The van der Waals surface area contributed by atoms with Crippen LogP contribution in [0.5, 0.6) is 0 Å². The molecule has 2 aromatic rings. The number of carboxylic acid groups (broad SMARTS) is 1. The van der Waals surface area contributed by atoms with Crippen LogP contribution in [0.3, 0.4) is 0 Å². The Labute approximate surface area is 240 Å². The Kier molecular flexibility index (Phi) is 9.05. The number of nitriles is 1. The van der Waals surface area contributed by atoms with Gasteiger partial charge in [-0.2, -0.15) is 18.4 Å². The van der Waals surface area contributed by atoms with Gasteiger partial charge in [0.05, 0.1) is 34.7 Å². The van der Waals surface area contributed by atoms with Gasteiger partial charge in [0.25, 0.3) is 0 Å². The van der Waals surface area contributed by atoms with E-state index in [1.165, 1.54) is 11.0 Å². The van der Waals surface area contributed by atoms with Crippen molar-refractivity contribution in [2.75, 3.05) is 24.5 Å². The molecule has 0 unspecified atom stereocenters. The van der Waals surface area contributed by atoms with Gasteiger partial charge in [0, 0.05) is 32.0 Å². The molecule has 0 spiro atoms. The van der Waals surface area contributed by atoms with E-state index in [1.54, 1.807) is 4.90 Å². The zero-order valence-corrected chi connectivity index (χ0v) is 23.2. The Hall–Kier alpha value is -4.19. The van der Waals surface area contributed by atoms with Crippen LogP contribution in [0.4, 0.5) is 19.0 Å². The summed E-state index contributed by atoms with van der Waals surface area (Å²) < 4.78 is 65.3. The fourth-order valence-electron chi connectivity index (χ4n) is 5.01. The smallest absolute Gasteiger partial charge is 0.416 e. The maximum atomic E-state index is 12.8. The number of piperidine rings is 2. The lowest BCUT2D eigenvalue weighted by Gasteiger charge is -2.33. The molecule has 2 aliphatic rings. The number of rotatable bonds is 8. The van der Waals surface area contributed by atoms with Crippen molar-refractivity contribution in [3.8, 4) is 6.07 Å². The fourth-order valence-corrected chi connectivity index (χ4v) is 6.19. The van der Waals surface area contributed by atoms with Crippen molar-refractivity contribution in [2.24, 2.45) is 5.92 Å². The number of nitrogens with zero attached hydrogens (tertiary/aromatic N) is 4. The average molecular weight is 608 g/mol. The largest absolute Gasteiger partial charge is 0.478 e. The number of aromatic carboxylic acids is 1. The number of likely N-dealkylation sites (tertiary alicyclic amines) is 1. The monoisotopic (exact) mass is 607 g/mol. The second kappa shape index (κ2) is 12.4. The fraction of sp³-hybridized carbons (Fsp3) is 0.444. The Balaban J connectivity index is 1.42. The summed E-state index contributed by atoms with van der Waals surface area (Å²) in [5, 5.41) is 19.4. The number of benzene rings is 1. The van der Waals surface area contributed by atoms with E-state index in [0.717, 1.165) is 37.1 Å². The Morgan fingerprint density at radius 3 is 2.36 bits per heavy atom. The van der Waals surface area contributed by atoms with E-state index < -0.39 is 45.3 Å². The van der Waals surface area contributed by atoms with Gasteiger partial charge in [-0.05, 0) is 49.4 Å². The van der Waals surface area contributed by atoms with E-state index in [1.807, 2.05) is 10.8 Å². The topological polar surface area (TPSA) is 161 Å². The molecule has 0 aliphatic carbocycles. The van der Waals surface area contributed by atoms with Crippen LogP contribution in [0.25, 0.3) is 0 Å². The van der Waals surface area contributed by atoms with E-state index in [9.17, 15) is 46.3 Å². The van der Waals surface area contributed by atoms with E-state index in [4.69, 9.17) is 0 Å². The summed E-state index contributed by atoms with van der Waals surface area (Å²) >= 11 is 0. The van der Waals surface area contributed by atoms with Crippen molar-refractivity contribution in [2.45, 2.75) is 50.6 Å². The number of hydrogen-bond donors (Lipinski definition) is 2. The second-order valence-corrected chi connectivity index (χ2v) is 11.9. The van der Waals surface area contributed by atoms with Gasteiger partial charge in [0.2, 0.25) is 21.8 Å². The molecule has 1 aromatic heterocycles. The highest BCUT2D eigenvalue weighted by Crippen LogP contribution is 2.30. The summed E-state index contributed by atoms with van der Waals surface area (Å²) in [5.74, 6) is -3.29. The highest BCUT2D eigenvalue weighted by atomic mass is 32.2. The molecule has 0 bridgehead atoms. The van der Waals surface area contributed by atoms with E-state index in [0.29, 0.717) is 13.0 Å². The molecule has 0 atom stereocenters. The van der Waals surface area contributed by atoms with Gasteiger partial charge in [0.1, 0.15) is 11.9 Å². The van der Waals surface area contributed by atoms with Crippen molar-refractivity contribution in [3.63, 3.8) is 0 Å². The number of aromatic nitrogens is 1. The van der Waals surface area contributed by atoms with Crippen LogP contribution in [-0.4, -0.2) is 60.8 Å². The molecule has 2 fully saturated rings. The van der Waals surface area contributed by atoms with Crippen LogP contribution in [-0.2, 0) is 38.1 Å². The standard InChI is InChI=1S/C27H28F3N5O6S/c28-27(29,30)20-6-4-17(5-7-20)16-42(40,41)33-25(37)18-8-11-34(12-9-18)24-19(14-31)13-21(26(38)39)22(32-24)15-35-10-2-1-3-23(35)36/h4-7,13,18H,1-3,8-12,15-16H2,(H,33,37)(H,38,39). The van der Waals surface area contributed by atoms with E-state index in [2.05, 4.69) is 4.98 Å². The third-order valence-electron chi connectivity index (χ3n) is 7.25. The van der Waals surface area contributed by atoms with Crippen molar-refractivity contribution in [1.82, 2.24) is 14.6 Å². The highest BCUT2D eigenvalue weighted by molar-refractivity contribution is 7.89. The molecule has 1 aromatic carbocycles. The van der Waals surface area contributed by atoms with E-state index in [-0.39, 0.29) is 66.6 Å². The molecule has 2 amide bonds. The number of carbonyl (C=O) groups excluding carboxylic acids is 2. The minimum atomic E-state index is -4.56. The van der Waals surface area contributed by atoms with Gasteiger partial charge in [-0.1, -0.05) is 12.1 Å². The lowest BCUT2D eigenvalue weighted by atomic mass is 9.96. The summed E-state index contributed by atoms with van der Waals surface area (Å²) in [7, 11) is -4.18. The number of carbonyl (C=O) groups is 3. The number of nitrogens with one attached hydrogen (secondary N) is 1. The first-order chi connectivity index (χ1) is 19.8. The Bertz CT molecular complexity index is 1510. The summed E-state index contributed by atoms with van der Waals surface area (Å²) in [6, 6.07) is 6.79. The number of sulfonamides is 1. The normalized spacial score (nSPS) is 16.7. The number of amides is 2. The Morgan fingerprint density at radius 1 is 1.12 bits per heavy atom. The quantitative estimate of drug-likeness (QED) is 0.460. The first-order valence-corrected chi connectivity index (χ1v) is 14.8. The molecule has 3 heterocycles. The second-order valence-electron chi connectivity index (χ2n) is 10.2. The number of carboxylic acids is 1. The number of pyridine rings is 1. The van der Waals surface area contributed by atoms with Gasteiger partial charge in [-0.3, -0.25) is 14.3 Å². The Morgan fingerprint density at radius 2 is 1.79 bits per heavy atom. The van der Waals surface area contributed by atoms with Gasteiger partial charge >= 0.3 is 12.1 Å². The molecule has 224 valence electrons. The lowest BCUT2D eigenvalue weighted by molar-refractivity contribution is -0.137. The molecule has 2 saturated heterocycles. The van der Waals surface area contributed by atoms with Crippen molar-refractivity contribution in [3.05, 3.63) is 58.3 Å². The molecular formula is C27H28F3N5O6S. The minimum Gasteiger partial charge on any atom is -0.478 e. The first kappa shape index (κ1) is 30.8. The van der Waals surface area contributed by atoms with Crippen molar-refractivity contribution < 1.29 is 41.1 Å². The first-order valence-electron chi connectivity index (χ1n) is 13.2. The maximum absolute atomic E-state index is 12.8. The molecule has 4 rings (SSSR count). The van der Waals surface area contributed by atoms with Crippen LogP contribution in [0, 0.1) is 17.2 Å². The van der Waals surface area contributed by atoms with Gasteiger partial charge in [-0.15, -0.1) is 0 Å². The van der Waals surface area contributed by atoms with Gasteiger partial charge in [0.15, 0.2) is 0 Å². The van der Waals surface area contributed by atoms with Crippen LogP contribution in [0.1, 0.15) is 64.8 Å². The number of halogens is 3. The summed E-state index contributed by atoms with van der Waals surface area (Å²) in [5.41, 5.74) is -0.858. The zero-order valence-electron chi connectivity index (χ0n) is 22.4. The predicted molar refractivity (Wildman–Crippen MR) is 142 cm³/mol. The molecule has 2 N–H and O–H groups in total. The predicted octanol–water partition coefficient (Wildman–Crippen LogP) is 3.05. The lowest BCUT2D eigenvalue weighted by Crippen LogP contribution is -2.43. The van der Waals surface area contributed by atoms with Crippen molar-refractivity contribution >= 4 is 33.6 Å². The van der Waals surface area contributed by atoms with Gasteiger partial charge < -0.3 is 14.9 Å². The summed E-state index contributed by atoms with van der Waals surface area (Å²) in [4.78, 5) is 44.7. The zero-order chi connectivity index (χ0) is 30.7. The molecule has 0 radical (unpaired) electrons. The third kappa shape index (κ3) is 7.35. The summed E-state index contributed by atoms with van der Waals surface area (Å²) in [6.45, 7) is 0.881. The maximum Gasteiger partial charge on any atom is 0.416 e. The highest BCUT2D eigenvalue weighted by Gasteiger charge is 2.32. The van der Waals surface area contributed by atoms with Crippen LogP contribution in [0.15, 0.2) is 30.3 Å². The molecule has 0 saturated carbocycles. The third-order valence-corrected chi connectivity index (χ3v) is 8.48. The van der Waals surface area contributed by atoms with Crippen molar-refractivity contribution in [1.29, 1.82) is 5.26 Å². The van der Waals surface area contributed by atoms with Gasteiger partial charge in [-0.25, -0.2) is 18.2 Å². The molecule has 42 heavy (non-hydrogen) atoms. The average Bonchev–Trinajstić information content (AvgIpc) is 2.93. The van der Waals surface area contributed by atoms with Crippen LogP contribution < -0.4 is 9.62 Å². The SMILES string of the molecule is N#Cc1cc(C(=O)O)c(CN2CCCCC2=O)nc1N1CCC(C(=O)NS(=O)(=O)Cc2ccc(C(F)(F)F)cc2)CC1. The molecule has 11 nitrogen and oxygen atoms in total. The van der Waals surface area contributed by atoms with E-state index >= 15 is 0 Å². The number of anilines is 1. The molecular weight excluding hydrogens is 579 g/mol. The summed E-state index contributed by atoms with van der Waals surface area (Å²) in [6.07, 6.45) is -2.25. The minimum absolute atomic E-state index is 0.0168. The number of hydrogen-bond acceptors (Lipinski definition) is 8. The van der Waals surface area contributed by atoms with Crippen LogP contribution >= 0.6 is 0 Å². The van der Waals surface area contributed by atoms with Crippen LogP contribution in [0.2, 0.25) is 0 Å². The number of alkyl halides is 3.